The highest BCUT2D eigenvalue weighted by molar-refractivity contribution is 6.07. The minimum atomic E-state index is -0.299. The molecule has 0 amide bonds. The van der Waals surface area contributed by atoms with Crippen LogP contribution in [-0.4, -0.2) is 12.0 Å². The van der Waals surface area contributed by atoms with Gasteiger partial charge in [-0.3, -0.25) is 9.79 Å². The molecule has 1 aliphatic heterocycles. The Bertz CT molecular complexity index is 435. The highest BCUT2D eigenvalue weighted by atomic mass is 19.1. The number of benzene rings is 1. The predicted molar refractivity (Wildman–Crippen MR) is 51.7 cm³/mol. The zero-order chi connectivity index (χ0) is 9.97. The first kappa shape index (κ1) is 8.81. The molecule has 2 nitrogen and oxygen atoms in total. The van der Waals surface area contributed by atoms with Gasteiger partial charge in [0.2, 0.25) is 0 Å². The smallest absolute Gasteiger partial charge is 0.147 e. The summed E-state index contributed by atoms with van der Waals surface area (Å²) in [5, 5.41) is 0. The molecule has 2 rings (SSSR count). The molecule has 0 unspecified atom stereocenters. The Morgan fingerprint density at radius 2 is 2.14 bits per heavy atom. The van der Waals surface area contributed by atoms with Crippen molar-refractivity contribution in [1.82, 2.24) is 0 Å². The number of hydrogen-bond donors (Lipinski definition) is 0. The van der Waals surface area contributed by atoms with Gasteiger partial charge in [0, 0.05) is 23.8 Å². The number of allylic oxidation sites excluding steroid dienone is 1. The van der Waals surface area contributed by atoms with Crippen molar-refractivity contribution in [2.45, 2.75) is 6.42 Å². The molecule has 0 atom stereocenters. The van der Waals surface area contributed by atoms with Gasteiger partial charge < -0.3 is 0 Å². The molecular formula is C11H8FNO. The van der Waals surface area contributed by atoms with Crippen LogP contribution in [0.25, 0.3) is 0 Å². The van der Waals surface area contributed by atoms with Gasteiger partial charge in [0.1, 0.15) is 12.1 Å². The van der Waals surface area contributed by atoms with E-state index in [2.05, 4.69) is 4.99 Å². The van der Waals surface area contributed by atoms with E-state index in [1.165, 1.54) is 12.3 Å². The van der Waals surface area contributed by atoms with Gasteiger partial charge >= 0.3 is 0 Å². The number of rotatable bonds is 2. The summed E-state index contributed by atoms with van der Waals surface area (Å²) in [5.41, 5.74) is 1.68. The van der Waals surface area contributed by atoms with Gasteiger partial charge in [-0.05, 0) is 6.07 Å². The van der Waals surface area contributed by atoms with E-state index in [0.29, 0.717) is 23.3 Å². The fourth-order valence-corrected chi connectivity index (χ4v) is 1.38. The summed E-state index contributed by atoms with van der Waals surface area (Å²) < 4.78 is 13.3. The molecule has 0 fully saturated rings. The van der Waals surface area contributed by atoms with Gasteiger partial charge in [-0.25, -0.2) is 4.39 Å². The van der Waals surface area contributed by atoms with Gasteiger partial charge in [0.25, 0.3) is 0 Å². The Balaban J connectivity index is 2.28. The molecule has 0 saturated heterocycles. The second kappa shape index (κ2) is 3.54. The molecule has 1 aromatic carbocycles. The molecule has 14 heavy (non-hydrogen) atoms. The van der Waals surface area contributed by atoms with Crippen LogP contribution in [-0.2, 0) is 4.79 Å². The second-order valence-corrected chi connectivity index (χ2v) is 3.05. The van der Waals surface area contributed by atoms with E-state index >= 15 is 0 Å². The van der Waals surface area contributed by atoms with Gasteiger partial charge in [-0.2, -0.15) is 0 Å². The number of nitrogens with zero attached hydrogens (tertiary/aromatic N) is 1. The molecule has 1 aromatic rings. The van der Waals surface area contributed by atoms with Gasteiger partial charge in [0.05, 0.1) is 5.71 Å². The quantitative estimate of drug-likeness (QED) is 0.655. The monoisotopic (exact) mass is 189 g/mol. The van der Waals surface area contributed by atoms with E-state index in [9.17, 15) is 9.18 Å². The second-order valence-electron chi connectivity index (χ2n) is 3.05. The number of carbonyl (C=O) groups excluding carboxylic acids is 1. The SMILES string of the molecule is O=CC1=CN=C(c2ccccc2F)C1. The molecule has 0 bridgehead atoms. The van der Waals surface area contributed by atoms with Crippen molar-refractivity contribution in [2.75, 3.05) is 0 Å². The average molecular weight is 189 g/mol. The molecular weight excluding hydrogens is 181 g/mol. The molecule has 1 aliphatic rings. The first-order valence-corrected chi connectivity index (χ1v) is 4.27. The van der Waals surface area contributed by atoms with E-state index in [4.69, 9.17) is 0 Å². The highest BCUT2D eigenvalue weighted by Crippen LogP contribution is 2.17. The summed E-state index contributed by atoms with van der Waals surface area (Å²) in [6.07, 6.45) is 2.65. The van der Waals surface area contributed by atoms with Gasteiger partial charge in [0.15, 0.2) is 0 Å². The summed E-state index contributed by atoms with van der Waals surface area (Å²) in [6, 6.07) is 6.43. The Hall–Kier alpha value is -1.77. The zero-order valence-electron chi connectivity index (χ0n) is 7.40. The van der Waals surface area contributed by atoms with Crippen molar-refractivity contribution in [2.24, 2.45) is 4.99 Å². The summed E-state index contributed by atoms with van der Waals surface area (Å²) in [6.45, 7) is 0. The normalized spacial score (nSPS) is 14.9. The lowest BCUT2D eigenvalue weighted by molar-refractivity contribution is -0.104. The van der Waals surface area contributed by atoms with Crippen LogP contribution in [0, 0.1) is 5.82 Å². The minimum absolute atomic E-state index is 0.299. The molecule has 0 aromatic heterocycles. The molecule has 1 heterocycles. The molecule has 0 aliphatic carbocycles. The summed E-state index contributed by atoms with van der Waals surface area (Å²) in [4.78, 5) is 14.4. The molecule has 0 N–H and O–H groups in total. The fraction of sp³-hybridized carbons (Fsp3) is 0.0909. The van der Waals surface area contributed by atoms with Crippen LogP contribution in [0.3, 0.4) is 0 Å². The average Bonchev–Trinajstić information content (AvgIpc) is 2.67. The predicted octanol–water partition coefficient (Wildman–Crippen LogP) is 2.10. The molecule has 70 valence electrons. The number of hydrogen-bond acceptors (Lipinski definition) is 2. The van der Waals surface area contributed by atoms with Crippen LogP contribution < -0.4 is 0 Å². The van der Waals surface area contributed by atoms with Crippen molar-refractivity contribution in [3.63, 3.8) is 0 Å². The highest BCUT2D eigenvalue weighted by Gasteiger charge is 2.14. The van der Waals surface area contributed by atoms with E-state index in [1.807, 2.05) is 0 Å². The topological polar surface area (TPSA) is 29.4 Å². The number of aldehydes is 1. The Morgan fingerprint density at radius 3 is 2.79 bits per heavy atom. The first-order valence-electron chi connectivity index (χ1n) is 4.27. The van der Waals surface area contributed by atoms with Crippen LogP contribution in [0.4, 0.5) is 4.39 Å². The molecule has 0 radical (unpaired) electrons. The Labute approximate surface area is 80.8 Å². The van der Waals surface area contributed by atoms with Crippen LogP contribution in [0.2, 0.25) is 0 Å². The standard InChI is InChI=1S/C11H8FNO/c12-10-4-2-1-3-9(10)11-5-8(7-14)6-13-11/h1-4,6-7H,5H2. The lowest BCUT2D eigenvalue weighted by Crippen LogP contribution is -2.01. The number of carbonyl (C=O) groups is 1. The van der Waals surface area contributed by atoms with Gasteiger partial charge in [-0.1, -0.05) is 18.2 Å². The van der Waals surface area contributed by atoms with Gasteiger partial charge in [-0.15, -0.1) is 0 Å². The van der Waals surface area contributed by atoms with Crippen molar-refractivity contribution >= 4 is 12.0 Å². The Kier molecular flexibility index (Phi) is 2.23. The lowest BCUT2D eigenvalue weighted by atomic mass is 10.1. The third kappa shape index (κ3) is 1.48. The van der Waals surface area contributed by atoms with Crippen LogP contribution in [0.5, 0.6) is 0 Å². The molecule has 0 spiro atoms. The number of halogens is 1. The van der Waals surface area contributed by atoms with Crippen molar-refractivity contribution < 1.29 is 9.18 Å². The molecule has 3 heteroatoms. The van der Waals surface area contributed by atoms with E-state index in [1.54, 1.807) is 18.2 Å². The van der Waals surface area contributed by atoms with Crippen LogP contribution in [0.15, 0.2) is 41.0 Å². The maximum Gasteiger partial charge on any atom is 0.147 e. The van der Waals surface area contributed by atoms with E-state index < -0.39 is 0 Å². The maximum atomic E-state index is 13.3. The summed E-state index contributed by atoms with van der Waals surface area (Å²) >= 11 is 0. The summed E-state index contributed by atoms with van der Waals surface area (Å²) in [5.74, 6) is -0.299. The van der Waals surface area contributed by atoms with E-state index in [0.717, 1.165) is 6.29 Å². The lowest BCUT2D eigenvalue weighted by Gasteiger charge is -2.01. The molecule has 0 saturated carbocycles. The zero-order valence-corrected chi connectivity index (χ0v) is 7.40. The largest absolute Gasteiger partial charge is 0.298 e. The van der Waals surface area contributed by atoms with E-state index in [-0.39, 0.29) is 5.82 Å². The first-order chi connectivity index (χ1) is 6.81. The van der Waals surface area contributed by atoms with Crippen molar-refractivity contribution in [3.05, 3.63) is 47.4 Å². The fourth-order valence-electron chi connectivity index (χ4n) is 1.38. The third-order valence-corrected chi connectivity index (χ3v) is 2.09. The van der Waals surface area contributed by atoms with Crippen LogP contribution >= 0.6 is 0 Å². The van der Waals surface area contributed by atoms with Crippen molar-refractivity contribution in [1.29, 1.82) is 0 Å². The maximum absolute atomic E-state index is 13.3. The minimum Gasteiger partial charge on any atom is -0.298 e. The van der Waals surface area contributed by atoms with Crippen LogP contribution in [0.1, 0.15) is 12.0 Å². The van der Waals surface area contributed by atoms with Crippen molar-refractivity contribution in [3.8, 4) is 0 Å². The summed E-state index contributed by atoms with van der Waals surface area (Å²) in [7, 11) is 0. The Morgan fingerprint density at radius 1 is 1.36 bits per heavy atom. The third-order valence-electron chi connectivity index (χ3n) is 2.09. The number of aliphatic imine (C=N–C) groups is 1.